The van der Waals surface area contributed by atoms with Gasteiger partial charge < -0.3 is 0 Å². The molecule has 0 spiro atoms. The SMILES string of the molecule is Cc1ccc2c(c1)C1C=C(c3ccccc3)Cc3c(C)ccc-2c31. The summed E-state index contributed by atoms with van der Waals surface area (Å²) in [7, 11) is 0. The molecule has 3 aromatic carbocycles. The molecule has 0 saturated heterocycles. The summed E-state index contributed by atoms with van der Waals surface area (Å²) in [5, 5.41) is 0. The highest BCUT2D eigenvalue weighted by Gasteiger charge is 2.33. The summed E-state index contributed by atoms with van der Waals surface area (Å²) < 4.78 is 0. The summed E-state index contributed by atoms with van der Waals surface area (Å²) in [5.41, 5.74) is 13.0. The Kier molecular flexibility index (Phi) is 2.84. The van der Waals surface area contributed by atoms with E-state index in [-0.39, 0.29) is 0 Å². The normalized spacial score (nSPS) is 17.2. The Morgan fingerprint density at radius 3 is 2.46 bits per heavy atom. The van der Waals surface area contributed by atoms with Gasteiger partial charge in [0.05, 0.1) is 0 Å². The van der Waals surface area contributed by atoms with Gasteiger partial charge in [0.1, 0.15) is 0 Å². The van der Waals surface area contributed by atoms with Gasteiger partial charge in [-0.3, -0.25) is 0 Å². The van der Waals surface area contributed by atoms with Crippen LogP contribution in [0.1, 0.15) is 39.3 Å². The van der Waals surface area contributed by atoms with Gasteiger partial charge in [0.15, 0.2) is 0 Å². The number of hydrogen-bond acceptors (Lipinski definition) is 0. The lowest BCUT2D eigenvalue weighted by Gasteiger charge is -2.24. The minimum absolute atomic E-state index is 0.411. The van der Waals surface area contributed by atoms with Gasteiger partial charge in [-0.15, -0.1) is 0 Å². The first-order valence-corrected chi connectivity index (χ1v) is 8.72. The molecule has 3 aromatic rings. The van der Waals surface area contributed by atoms with Gasteiger partial charge in [-0.05, 0) is 64.8 Å². The van der Waals surface area contributed by atoms with E-state index >= 15 is 0 Å². The summed E-state index contributed by atoms with van der Waals surface area (Å²) in [4.78, 5) is 0. The number of fused-ring (bicyclic) bond motifs is 3. The molecule has 0 aromatic heterocycles. The molecule has 24 heavy (non-hydrogen) atoms. The van der Waals surface area contributed by atoms with Crippen LogP contribution in [0.2, 0.25) is 0 Å². The average molecular weight is 308 g/mol. The third-order valence-electron chi connectivity index (χ3n) is 5.61. The summed E-state index contributed by atoms with van der Waals surface area (Å²) in [6.07, 6.45) is 3.55. The van der Waals surface area contributed by atoms with Gasteiger partial charge in [0.25, 0.3) is 0 Å². The van der Waals surface area contributed by atoms with Gasteiger partial charge in [-0.2, -0.15) is 0 Å². The van der Waals surface area contributed by atoms with E-state index in [2.05, 4.69) is 80.6 Å². The van der Waals surface area contributed by atoms with E-state index in [1.54, 1.807) is 5.56 Å². The minimum Gasteiger partial charge on any atom is -0.0684 e. The smallest absolute Gasteiger partial charge is 0.0290 e. The standard InChI is InChI=1S/C24H20/c1-15-8-10-19-20-11-9-16(2)21-13-18(17-6-4-3-5-7-17)14-23(24(20)21)22(19)12-15/h3-12,14,23H,13H2,1-2H3. The lowest BCUT2D eigenvalue weighted by Crippen LogP contribution is -2.09. The summed E-state index contributed by atoms with van der Waals surface area (Å²) in [5.74, 6) is 0.411. The number of aryl methyl sites for hydroxylation is 2. The van der Waals surface area contributed by atoms with Crippen LogP contribution in [0.15, 0.2) is 66.7 Å². The van der Waals surface area contributed by atoms with E-state index < -0.39 is 0 Å². The zero-order chi connectivity index (χ0) is 16.3. The van der Waals surface area contributed by atoms with E-state index in [0.717, 1.165) is 6.42 Å². The Bertz CT molecular complexity index is 990. The largest absolute Gasteiger partial charge is 0.0684 e. The van der Waals surface area contributed by atoms with Crippen LogP contribution in [-0.4, -0.2) is 0 Å². The van der Waals surface area contributed by atoms with E-state index in [1.807, 2.05) is 0 Å². The predicted octanol–water partition coefficient (Wildman–Crippen LogP) is 6.06. The zero-order valence-electron chi connectivity index (χ0n) is 14.1. The topological polar surface area (TPSA) is 0 Å². The van der Waals surface area contributed by atoms with Crippen LogP contribution >= 0.6 is 0 Å². The maximum Gasteiger partial charge on any atom is 0.0290 e. The fourth-order valence-corrected chi connectivity index (χ4v) is 4.41. The summed E-state index contributed by atoms with van der Waals surface area (Å²) in [6.45, 7) is 4.45. The molecule has 0 aliphatic heterocycles. The van der Waals surface area contributed by atoms with Crippen LogP contribution in [0, 0.1) is 13.8 Å². The number of hydrogen-bond donors (Lipinski definition) is 0. The number of rotatable bonds is 1. The van der Waals surface area contributed by atoms with Crippen LogP contribution in [0.5, 0.6) is 0 Å². The molecular weight excluding hydrogens is 288 g/mol. The first-order valence-electron chi connectivity index (χ1n) is 8.72. The van der Waals surface area contributed by atoms with E-state index in [0.29, 0.717) is 5.92 Å². The zero-order valence-corrected chi connectivity index (χ0v) is 14.1. The van der Waals surface area contributed by atoms with Crippen molar-refractivity contribution in [2.45, 2.75) is 26.2 Å². The van der Waals surface area contributed by atoms with Crippen molar-refractivity contribution in [3.05, 3.63) is 100 Å². The molecule has 0 heteroatoms. The average Bonchev–Trinajstić information content (AvgIpc) is 2.93. The van der Waals surface area contributed by atoms with Crippen molar-refractivity contribution in [3.8, 4) is 11.1 Å². The third kappa shape index (κ3) is 1.86. The summed E-state index contributed by atoms with van der Waals surface area (Å²) in [6, 6.07) is 22.4. The number of allylic oxidation sites excluding steroid dienone is 2. The molecular formula is C24H20. The lowest BCUT2D eigenvalue weighted by molar-refractivity contribution is 0.986. The molecule has 0 fully saturated rings. The highest BCUT2D eigenvalue weighted by Crippen LogP contribution is 2.51. The van der Waals surface area contributed by atoms with Gasteiger partial charge in [-0.1, -0.05) is 72.3 Å². The van der Waals surface area contributed by atoms with Gasteiger partial charge in [-0.25, -0.2) is 0 Å². The maximum atomic E-state index is 2.51. The second-order valence-corrected chi connectivity index (χ2v) is 7.13. The molecule has 0 amide bonds. The first-order chi connectivity index (χ1) is 11.7. The van der Waals surface area contributed by atoms with Crippen molar-refractivity contribution in [2.24, 2.45) is 0 Å². The van der Waals surface area contributed by atoms with Gasteiger partial charge in [0, 0.05) is 5.92 Å². The second kappa shape index (κ2) is 4.95. The van der Waals surface area contributed by atoms with Crippen LogP contribution < -0.4 is 0 Å². The van der Waals surface area contributed by atoms with E-state index in [9.17, 15) is 0 Å². The fraction of sp³-hybridized carbons (Fsp3) is 0.167. The van der Waals surface area contributed by atoms with Crippen LogP contribution in [0.4, 0.5) is 0 Å². The van der Waals surface area contributed by atoms with Crippen LogP contribution in [0.3, 0.4) is 0 Å². The summed E-state index contributed by atoms with van der Waals surface area (Å²) >= 11 is 0. The third-order valence-corrected chi connectivity index (χ3v) is 5.61. The molecule has 0 nitrogen and oxygen atoms in total. The Morgan fingerprint density at radius 1 is 0.833 bits per heavy atom. The van der Waals surface area contributed by atoms with E-state index in [4.69, 9.17) is 0 Å². The van der Waals surface area contributed by atoms with Crippen molar-refractivity contribution in [1.29, 1.82) is 0 Å². The fourth-order valence-electron chi connectivity index (χ4n) is 4.41. The maximum absolute atomic E-state index is 2.51. The Hall–Kier alpha value is -2.60. The number of benzene rings is 3. The Morgan fingerprint density at radius 2 is 1.62 bits per heavy atom. The van der Waals surface area contributed by atoms with Crippen molar-refractivity contribution < 1.29 is 0 Å². The van der Waals surface area contributed by atoms with Gasteiger partial charge >= 0.3 is 0 Å². The molecule has 0 saturated carbocycles. The molecule has 0 N–H and O–H groups in total. The molecule has 1 atom stereocenters. The molecule has 116 valence electrons. The molecule has 2 aliphatic rings. The molecule has 5 rings (SSSR count). The van der Waals surface area contributed by atoms with Crippen molar-refractivity contribution in [1.82, 2.24) is 0 Å². The minimum atomic E-state index is 0.411. The monoisotopic (exact) mass is 308 g/mol. The molecule has 0 heterocycles. The molecule has 0 radical (unpaired) electrons. The van der Waals surface area contributed by atoms with E-state index in [1.165, 1.54) is 44.5 Å². The molecule has 1 unspecified atom stereocenters. The van der Waals surface area contributed by atoms with Crippen LogP contribution in [-0.2, 0) is 6.42 Å². The van der Waals surface area contributed by atoms with Crippen molar-refractivity contribution in [3.63, 3.8) is 0 Å². The first kappa shape index (κ1) is 13.8. The highest BCUT2D eigenvalue weighted by atomic mass is 14.4. The molecule has 2 aliphatic carbocycles. The predicted molar refractivity (Wildman–Crippen MR) is 101 cm³/mol. The highest BCUT2D eigenvalue weighted by molar-refractivity contribution is 5.86. The van der Waals surface area contributed by atoms with Crippen LogP contribution in [0.25, 0.3) is 16.7 Å². The van der Waals surface area contributed by atoms with Gasteiger partial charge in [0.2, 0.25) is 0 Å². The Labute approximate surface area is 143 Å². The second-order valence-electron chi connectivity index (χ2n) is 7.13. The quantitative estimate of drug-likeness (QED) is 0.513. The van der Waals surface area contributed by atoms with Crippen molar-refractivity contribution >= 4 is 5.57 Å². The lowest BCUT2D eigenvalue weighted by atomic mass is 9.79. The van der Waals surface area contributed by atoms with Crippen molar-refractivity contribution in [2.75, 3.05) is 0 Å². The molecule has 0 bridgehead atoms. The Balaban J connectivity index is 1.78.